The lowest BCUT2D eigenvalue weighted by atomic mass is 10.3. The molecule has 1 rings (SSSR count). The van der Waals surface area contributed by atoms with Crippen molar-refractivity contribution in [1.82, 2.24) is 0 Å². The van der Waals surface area contributed by atoms with Gasteiger partial charge in [0.1, 0.15) is 0 Å². The first-order valence-electron chi connectivity index (χ1n) is 4.31. The molecule has 0 saturated heterocycles. The first-order chi connectivity index (χ1) is 7.93. The van der Waals surface area contributed by atoms with Crippen molar-refractivity contribution in [2.75, 3.05) is 5.32 Å². The molecule has 92 valence electrons. The van der Waals surface area contributed by atoms with E-state index in [4.69, 9.17) is 23.2 Å². The molecule has 0 saturated carbocycles. The van der Waals surface area contributed by atoms with Crippen LogP contribution in [0.3, 0.4) is 0 Å². The highest BCUT2D eigenvalue weighted by molar-refractivity contribution is 6.37. The molecule has 0 radical (unpaired) electrons. The number of ether oxygens (including phenoxy) is 1. The van der Waals surface area contributed by atoms with E-state index < -0.39 is 12.5 Å². The molecule has 0 fully saturated rings. The second kappa shape index (κ2) is 5.84. The van der Waals surface area contributed by atoms with Gasteiger partial charge in [0.2, 0.25) is 5.91 Å². The van der Waals surface area contributed by atoms with Crippen LogP contribution in [-0.2, 0) is 4.79 Å². The van der Waals surface area contributed by atoms with Gasteiger partial charge in [-0.1, -0.05) is 29.8 Å². The van der Waals surface area contributed by atoms with E-state index in [1.54, 1.807) is 0 Å². The number of nitrogens with one attached hydrogen (secondary N) is 1. The molecule has 1 aromatic carbocycles. The summed E-state index contributed by atoms with van der Waals surface area (Å²) in [5.41, 5.74) is 0.256. The Morgan fingerprint density at radius 1 is 1.41 bits per heavy atom. The summed E-state index contributed by atoms with van der Waals surface area (Å²) in [5, 5.41) is 2.13. The van der Waals surface area contributed by atoms with Gasteiger partial charge in [0, 0.05) is 5.69 Å². The molecule has 0 atom stereocenters. The van der Waals surface area contributed by atoms with E-state index in [-0.39, 0.29) is 21.5 Å². The van der Waals surface area contributed by atoms with Crippen molar-refractivity contribution in [2.45, 2.75) is 6.61 Å². The fourth-order valence-electron chi connectivity index (χ4n) is 1.03. The van der Waals surface area contributed by atoms with E-state index in [0.29, 0.717) is 0 Å². The fourth-order valence-corrected chi connectivity index (χ4v) is 1.60. The molecule has 0 spiro atoms. The Balaban J connectivity index is 3.00. The van der Waals surface area contributed by atoms with Gasteiger partial charge >= 0.3 is 6.61 Å². The minimum Gasteiger partial charge on any atom is -0.432 e. The molecular weight excluding hydrogens is 275 g/mol. The lowest BCUT2D eigenvalue weighted by Crippen LogP contribution is -2.08. The second-order valence-corrected chi connectivity index (χ2v) is 3.66. The molecule has 0 aliphatic carbocycles. The van der Waals surface area contributed by atoms with Crippen LogP contribution >= 0.6 is 23.2 Å². The number of carbonyl (C=O) groups excluding carboxylic acids is 1. The Labute approximate surface area is 106 Å². The van der Waals surface area contributed by atoms with Crippen LogP contribution in [0.5, 0.6) is 5.75 Å². The standard InChI is InChI=1S/C10H7Cl2F2NO2/c1-2-8(16)15-5-3-6(11)9(7(12)4-5)17-10(13)14/h2-4,10H,1H2,(H,15,16). The van der Waals surface area contributed by atoms with E-state index in [9.17, 15) is 13.6 Å². The lowest BCUT2D eigenvalue weighted by Gasteiger charge is -2.10. The molecule has 1 amide bonds. The third kappa shape index (κ3) is 3.87. The first kappa shape index (κ1) is 13.7. The molecule has 0 aliphatic rings. The quantitative estimate of drug-likeness (QED) is 0.855. The van der Waals surface area contributed by atoms with Crippen molar-refractivity contribution < 1.29 is 18.3 Å². The van der Waals surface area contributed by atoms with Crippen LogP contribution in [0.25, 0.3) is 0 Å². The summed E-state index contributed by atoms with van der Waals surface area (Å²) in [6.07, 6.45) is 1.05. The largest absolute Gasteiger partial charge is 0.432 e. The Kier molecular flexibility index (Phi) is 4.72. The highest BCUT2D eigenvalue weighted by Crippen LogP contribution is 2.36. The van der Waals surface area contributed by atoms with Gasteiger partial charge in [0.25, 0.3) is 0 Å². The van der Waals surface area contributed by atoms with Crippen LogP contribution in [0.2, 0.25) is 10.0 Å². The Hall–Kier alpha value is -1.33. The molecular formula is C10H7Cl2F2NO2. The highest BCUT2D eigenvalue weighted by atomic mass is 35.5. The summed E-state index contributed by atoms with van der Waals surface area (Å²) in [5.74, 6) is -0.806. The van der Waals surface area contributed by atoms with E-state index >= 15 is 0 Å². The number of hydrogen-bond acceptors (Lipinski definition) is 2. The van der Waals surface area contributed by atoms with Crippen molar-refractivity contribution in [3.63, 3.8) is 0 Å². The molecule has 0 bridgehead atoms. The molecule has 17 heavy (non-hydrogen) atoms. The molecule has 7 heteroatoms. The van der Waals surface area contributed by atoms with Crippen LogP contribution < -0.4 is 10.1 Å². The molecule has 1 aromatic rings. The van der Waals surface area contributed by atoms with Gasteiger partial charge in [-0.3, -0.25) is 4.79 Å². The third-order valence-electron chi connectivity index (χ3n) is 1.66. The first-order valence-corrected chi connectivity index (χ1v) is 5.07. The normalized spacial score (nSPS) is 10.2. The Morgan fingerprint density at radius 3 is 2.35 bits per heavy atom. The maximum absolute atomic E-state index is 12.0. The van der Waals surface area contributed by atoms with Crippen molar-refractivity contribution in [2.24, 2.45) is 0 Å². The highest BCUT2D eigenvalue weighted by Gasteiger charge is 2.14. The number of anilines is 1. The van der Waals surface area contributed by atoms with E-state index in [1.807, 2.05) is 0 Å². The number of hydrogen-bond donors (Lipinski definition) is 1. The van der Waals surface area contributed by atoms with Crippen molar-refractivity contribution >= 4 is 34.8 Å². The zero-order chi connectivity index (χ0) is 13.0. The van der Waals surface area contributed by atoms with Crippen molar-refractivity contribution in [3.05, 3.63) is 34.8 Å². The van der Waals surface area contributed by atoms with Crippen LogP contribution in [0.15, 0.2) is 24.8 Å². The van der Waals surface area contributed by atoms with Gasteiger partial charge in [0.15, 0.2) is 5.75 Å². The monoisotopic (exact) mass is 281 g/mol. The van der Waals surface area contributed by atoms with Crippen LogP contribution in [0, 0.1) is 0 Å². The summed E-state index contributed by atoms with van der Waals surface area (Å²) in [7, 11) is 0. The predicted octanol–water partition coefficient (Wildman–Crippen LogP) is 3.72. The topological polar surface area (TPSA) is 38.3 Å². The molecule has 0 heterocycles. The van der Waals surface area contributed by atoms with Crippen LogP contribution in [0.1, 0.15) is 0 Å². The van der Waals surface area contributed by atoms with Crippen LogP contribution in [-0.4, -0.2) is 12.5 Å². The summed E-state index contributed by atoms with van der Waals surface area (Å²) >= 11 is 11.4. The molecule has 0 unspecified atom stereocenters. The van der Waals surface area contributed by atoms with Crippen molar-refractivity contribution in [1.29, 1.82) is 0 Å². The maximum atomic E-state index is 12.0. The zero-order valence-corrected chi connectivity index (χ0v) is 9.86. The van der Waals surface area contributed by atoms with Gasteiger partial charge < -0.3 is 10.1 Å². The van der Waals surface area contributed by atoms with E-state index in [1.165, 1.54) is 12.1 Å². The minimum atomic E-state index is -3.03. The number of carbonyl (C=O) groups is 1. The zero-order valence-electron chi connectivity index (χ0n) is 8.34. The van der Waals surface area contributed by atoms with Gasteiger partial charge in [-0.15, -0.1) is 0 Å². The second-order valence-electron chi connectivity index (χ2n) is 2.84. The van der Waals surface area contributed by atoms with E-state index in [0.717, 1.165) is 6.08 Å². The summed E-state index contributed by atoms with van der Waals surface area (Å²) < 4.78 is 28.2. The Bertz CT molecular complexity index is 429. The van der Waals surface area contributed by atoms with Crippen molar-refractivity contribution in [3.8, 4) is 5.75 Å². The van der Waals surface area contributed by atoms with Gasteiger partial charge in [-0.2, -0.15) is 8.78 Å². The molecule has 0 aliphatic heterocycles. The summed E-state index contributed by atoms with van der Waals surface area (Å²) in [6.45, 7) is 0.228. The SMILES string of the molecule is C=CC(=O)Nc1cc(Cl)c(OC(F)F)c(Cl)c1. The van der Waals surface area contributed by atoms with Gasteiger partial charge in [-0.05, 0) is 18.2 Å². The molecule has 3 nitrogen and oxygen atoms in total. The average Bonchev–Trinajstić information content (AvgIpc) is 2.23. The minimum absolute atomic E-state index is 0.128. The predicted molar refractivity (Wildman–Crippen MR) is 61.9 cm³/mol. The lowest BCUT2D eigenvalue weighted by molar-refractivity contribution is -0.111. The van der Waals surface area contributed by atoms with Gasteiger partial charge in [-0.25, -0.2) is 0 Å². The number of alkyl halides is 2. The summed E-state index contributed by atoms with van der Waals surface area (Å²) in [4.78, 5) is 11.0. The third-order valence-corrected chi connectivity index (χ3v) is 2.22. The number of amides is 1. The van der Waals surface area contributed by atoms with Gasteiger partial charge in [0.05, 0.1) is 10.0 Å². The molecule has 1 N–H and O–H groups in total. The molecule has 0 aromatic heterocycles. The fraction of sp³-hybridized carbons (Fsp3) is 0.100. The number of benzene rings is 1. The Morgan fingerprint density at radius 2 is 1.94 bits per heavy atom. The number of rotatable bonds is 4. The summed E-state index contributed by atoms with van der Waals surface area (Å²) in [6, 6.07) is 2.49. The average molecular weight is 282 g/mol. The van der Waals surface area contributed by atoms with E-state index in [2.05, 4.69) is 16.6 Å². The maximum Gasteiger partial charge on any atom is 0.387 e. The number of halogens is 4. The smallest absolute Gasteiger partial charge is 0.387 e. The van der Waals surface area contributed by atoms with Crippen LogP contribution in [0.4, 0.5) is 14.5 Å².